The van der Waals surface area contributed by atoms with Crippen LogP contribution in [0.1, 0.15) is 37.9 Å². The number of hydrogen-bond acceptors (Lipinski definition) is 5. The van der Waals surface area contributed by atoms with Crippen LogP contribution in [0.15, 0.2) is 71.1 Å². The third kappa shape index (κ3) is 5.02. The van der Waals surface area contributed by atoms with Crippen LogP contribution in [0, 0.1) is 0 Å². The molecule has 3 aromatic carbocycles. The zero-order chi connectivity index (χ0) is 23.6. The van der Waals surface area contributed by atoms with E-state index in [1.165, 1.54) is 13.8 Å². The summed E-state index contributed by atoms with van der Waals surface area (Å²) in [4.78, 5) is 16.1. The molecule has 4 rings (SSSR count). The normalized spacial score (nSPS) is 12.6. The van der Waals surface area contributed by atoms with E-state index in [0.717, 1.165) is 22.2 Å². The van der Waals surface area contributed by atoms with Crippen molar-refractivity contribution in [2.24, 2.45) is 0 Å². The predicted octanol–water partition coefficient (Wildman–Crippen LogP) is 6.24. The highest BCUT2D eigenvalue weighted by Gasteiger charge is 2.30. The summed E-state index contributed by atoms with van der Waals surface area (Å²) in [5, 5.41) is 13.5. The lowest BCUT2D eigenvalue weighted by atomic mass is 10.0. The first kappa shape index (κ1) is 22.8. The van der Waals surface area contributed by atoms with Crippen LogP contribution in [0.5, 0.6) is 5.75 Å². The molecule has 0 saturated heterocycles. The van der Waals surface area contributed by atoms with Crippen molar-refractivity contribution in [2.45, 2.75) is 39.0 Å². The Bertz CT molecular complexity index is 1270. The number of oxazole rings is 1. The summed E-state index contributed by atoms with van der Waals surface area (Å²) in [6, 6.07) is 20.6. The van der Waals surface area contributed by atoms with E-state index >= 15 is 0 Å². The molecule has 7 heteroatoms. The number of aromatic nitrogens is 1. The molecule has 0 spiro atoms. The van der Waals surface area contributed by atoms with E-state index in [2.05, 4.69) is 10.3 Å². The summed E-state index contributed by atoms with van der Waals surface area (Å²) < 4.78 is 11.8. The molecule has 1 unspecified atom stereocenters. The molecule has 170 valence electrons. The third-order valence-electron chi connectivity index (χ3n) is 5.46. The van der Waals surface area contributed by atoms with E-state index in [9.17, 15) is 9.90 Å². The van der Waals surface area contributed by atoms with Crippen LogP contribution in [-0.4, -0.2) is 21.7 Å². The van der Waals surface area contributed by atoms with Crippen molar-refractivity contribution in [3.8, 4) is 17.2 Å². The molecular formula is C26H25ClN2O4. The largest absolute Gasteiger partial charge is 0.478 e. The summed E-state index contributed by atoms with van der Waals surface area (Å²) >= 11 is 6.28. The monoisotopic (exact) mass is 464 g/mol. The highest BCUT2D eigenvalue weighted by molar-refractivity contribution is 6.30. The van der Waals surface area contributed by atoms with E-state index in [-0.39, 0.29) is 6.04 Å². The molecule has 0 amide bonds. The molecule has 0 bridgehead atoms. The maximum absolute atomic E-state index is 11.5. The Morgan fingerprint density at radius 3 is 2.64 bits per heavy atom. The van der Waals surface area contributed by atoms with Crippen LogP contribution in [0.3, 0.4) is 0 Å². The minimum absolute atomic E-state index is 0.113. The number of nitrogens with one attached hydrogen (secondary N) is 1. The van der Waals surface area contributed by atoms with Gasteiger partial charge in [0.05, 0.1) is 0 Å². The topological polar surface area (TPSA) is 84.6 Å². The van der Waals surface area contributed by atoms with Crippen molar-refractivity contribution in [2.75, 3.05) is 0 Å². The minimum atomic E-state index is -1.34. The lowest BCUT2D eigenvalue weighted by Crippen LogP contribution is -2.38. The van der Waals surface area contributed by atoms with E-state index in [4.69, 9.17) is 20.8 Å². The molecule has 33 heavy (non-hydrogen) atoms. The first-order valence-corrected chi connectivity index (χ1v) is 11.0. The Kier molecular flexibility index (Phi) is 6.40. The van der Waals surface area contributed by atoms with Gasteiger partial charge in [-0.25, -0.2) is 9.78 Å². The summed E-state index contributed by atoms with van der Waals surface area (Å²) in [5.41, 5.74) is 2.81. The molecule has 0 radical (unpaired) electrons. The summed E-state index contributed by atoms with van der Waals surface area (Å²) in [5.74, 6) is 0.0114. The molecule has 4 aromatic rings. The van der Waals surface area contributed by atoms with Crippen LogP contribution < -0.4 is 10.1 Å². The summed E-state index contributed by atoms with van der Waals surface area (Å²) in [6.45, 7) is 5.59. The molecule has 0 aliphatic carbocycles. The number of carboxylic acids is 1. The Morgan fingerprint density at radius 2 is 1.88 bits per heavy atom. The Hall–Kier alpha value is -3.35. The number of para-hydroxylation sites is 3. The second-order valence-electron chi connectivity index (χ2n) is 8.35. The van der Waals surface area contributed by atoms with Crippen LogP contribution in [0.4, 0.5) is 0 Å². The van der Waals surface area contributed by atoms with E-state index < -0.39 is 11.6 Å². The number of aliphatic carboxylic acids is 1. The average Bonchev–Trinajstić information content (AvgIpc) is 3.22. The van der Waals surface area contributed by atoms with E-state index in [1.54, 1.807) is 6.07 Å². The zero-order valence-electron chi connectivity index (χ0n) is 18.6. The Balaban J connectivity index is 1.58. The van der Waals surface area contributed by atoms with Crippen molar-refractivity contribution < 1.29 is 19.1 Å². The van der Waals surface area contributed by atoms with Gasteiger partial charge in [0.15, 0.2) is 11.2 Å². The van der Waals surface area contributed by atoms with Gasteiger partial charge in [0.1, 0.15) is 11.3 Å². The number of fused-ring (bicyclic) bond motifs is 1. The lowest BCUT2D eigenvalue weighted by Gasteiger charge is -2.25. The third-order valence-corrected chi connectivity index (χ3v) is 5.70. The van der Waals surface area contributed by atoms with Crippen LogP contribution in [-0.2, 0) is 11.3 Å². The van der Waals surface area contributed by atoms with Gasteiger partial charge in [0, 0.05) is 28.7 Å². The number of rotatable bonds is 8. The van der Waals surface area contributed by atoms with Gasteiger partial charge in [-0.05, 0) is 56.7 Å². The maximum atomic E-state index is 11.5. The molecule has 1 atom stereocenters. The SMILES string of the molecule is CC(NCc1ccc(Cl)cc1-c1nc2ccccc2o1)c1ccccc1OC(C)(C)C(=O)O. The van der Waals surface area contributed by atoms with Crippen molar-refractivity contribution >= 4 is 28.7 Å². The van der Waals surface area contributed by atoms with Gasteiger partial charge in [0.25, 0.3) is 0 Å². The average molecular weight is 465 g/mol. The quantitative estimate of drug-likeness (QED) is 0.321. The molecule has 0 saturated carbocycles. The molecule has 0 aliphatic heterocycles. The number of ether oxygens (including phenoxy) is 1. The minimum Gasteiger partial charge on any atom is -0.478 e. The van der Waals surface area contributed by atoms with Crippen molar-refractivity contribution in [1.82, 2.24) is 10.3 Å². The highest BCUT2D eigenvalue weighted by Crippen LogP contribution is 2.31. The predicted molar refractivity (Wildman–Crippen MR) is 128 cm³/mol. The van der Waals surface area contributed by atoms with Gasteiger partial charge in [-0.2, -0.15) is 0 Å². The van der Waals surface area contributed by atoms with Gasteiger partial charge in [-0.1, -0.05) is 48.0 Å². The van der Waals surface area contributed by atoms with Crippen LogP contribution >= 0.6 is 11.6 Å². The van der Waals surface area contributed by atoms with Crippen LogP contribution in [0.2, 0.25) is 5.02 Å². The molecular weight excluding hydrogens is 440 g/mol. The molecule has 6 nitrogen and oxygen atoms in total. The Morgan fingerprint density at radius 1 is 1.15 bits per heavy atom. The summed E-state index contributed by atoms with van der Waals surface area (Å²) in [6.07, 6.45) is 0. The van der Waals surface area contributed by atoms with Gasteiger partial charge in [-0.15, -0.1) is 0 Å². The first-order chi connectivity index (χ1) is 15.7. The number of carboxylic acid groups (broad SMARTS) is 1. The standard InChI is InChI=1S/C26H25ClN2O4/c1-16(19-8-4-6-10-22(19)33-26(2,3)25(30)31)28-15-17-12-13-18(27)14-20(17)24-29-21-9-5-7-11-23(21)32-24/h4-14,16,28H,15H2,1-3H3,(H,30,31). The van der Waals surface area contributed by atoms with E-state index in [1.807, 2.05) is 67.6 Å². The van der Waals surface area contributed by atoms with Gasteiger partial charge in [-0.3, -0.25) is 0 Å². The number of nitrogens with zero attached hydrogens (tertiary/aromatic N) is 1. The first-order valence-electron chi connectivity index (χ1n) is 10.6. The fourth-order valence-electron chi connectivity index (χ4n) is 3.51. The number of halogens is 1. The zero-order valence-corrected chi connectivity index (χ0v) is 19.4. The molecule has 0 fully saturated rings. The molecule has 0 aliphatic rings. The lowest BCUT2D eigenvalue weighted by molar-refractivity contribution is -0.152. The summed E-state index contributed by atoms with van der Waals surface area (Å²) in [7, 11) is 0. The van der Waals surface area contributed by atoms with Gasteiger partial charge < -0.3 is 19.6 Å². The van der Waals surface area contributed by atoms with Crippen LogP contribution in [0.25, 0.3) is 22.6 Å². The number of hydrogen-bond donors (Lipinski definition) is 2. The number of benzene rings is 3. The fraction of sp³-hybridized carbons (Fsp3) is 0.231. The highest BCUT2D eigenvalue weighted by atomic mass is 35.5. The molecule has 2 N–H and O–H groups in total. The number of carbonyl (C=O) groups is 1. The molecule has 1 aromatic heterocycles. The second kappa shape index (κ2) is 9.25. The van der Waals surface area contributed by atoms with E-state index in [0.29, 0.717) is 28.8 Å². The van der Waals surface area contributed by atoms with Gasteiger partial charge in [0.2, 0.25) is 5.89 Å². The fourth-order valence-corrected chi connectivity index (χ4v) is 3.68. The smallest absolute Gasteiger partial charge is 0.347 e. The van der Waals surface area contributed by atoms with Crippen molar-refractivity contribution in [3.05, 3.63) is 82.9 Å². The molecule has 1 heterocycles. The maximum Gasteiger partial charge on any atom is 0.347 e. The van der Waals surface area contributed by atoms with Gasteiger partial charge >= 0.3 is 5.97 Å². The second-order valence-corrected chi connectivity index (χ2v) is 8.78. The van der Waals surface area contributed by atoms with Crippen molar-refractivity contribution in [3.63, 3.8) is 0 Å². The van der Waals surface area contributed by atoms with Crippen molar-refractivity contribution in [1.29, 1.82) is 0 Å². The Labute approximate surface area is 197 Å².